The molecular formula is C14H18F2N4O2. The van der Waals surface area contributed by atoms with Crippen molar-refractivity contribution in [2.24, 2.45) is 5.73 Å². The number of hydrogen-bond acceptors (Lipinski definition) is 4. The molecule has 0 aliphatic heterocycles. The van der Waals surface area contributed by atoms with Crippen LogP contribution in [0.4, 0.5) is 8.78 Å². The van der Waals surface area contributed by atoms with Crippen molar-refractivity contribution in [3.8, 4) is 5.82 Å². The first-order chi connectivity index (χ1) is 10.2. The number of aromatic nitrogens is 2. The Labute approximate surface area is 126 Å². The van der Waals surface area contributed by atoms with Crippen molar-refractivity contribution in [2.75, 3.05) is 13.1 Å². The first-order valence-electron chi connectivity index (χ1n) is 6.74. The van der Waals surface area contributed by atoms with Gasteiger partial charge in [-0.05, 0) is 26.8 Å². The van der Waals surface area contributed by atoms with Gasteiger partial charge in [-0.15, -0.1) is 0 Å². The highest BCUT2D eigenvalue weighted by atomic mass is 19.3. The van der Waals surface area contributed by atoms with Gasteiger partial charge in [-0.2, -0.15) is 0 Å². The Bertz CT molecular complexity index is 691. The summed E-state index contributed by atoms with van der Waals surface area (Å²) in [5.74, 6) is -2.52. The molecule has 2 aromatic heterocycles. The van der Waals surface area contributed by atoms with Crippen LogP contribution >= 0.6 is 0 Å². The molecule has 0 aliphatic rings. The van der Waals surface area contributed by atoms with Crippen molar-refractivity contribution < 1.29 is 18.1 Å². The van der Waals surface area contributed by atoms with Crippen molar-refractivity contribution in [3.05, 3.63) is 34.8 Å². The molecule has 2 rings (SSSR count). The highest BCUT2D eigenvalue weighted by Gasteiger charge is 2.28. The molecule has 0 atom stereocenters. The number of nitrogens with one attached hydrogen (secondary N) is 1. The number of halogens is 2. The predicted molar refractivity (Wildman–Crippen MR) is 76.4 cm³/mol. The van der Waals surface area contributed by atoms with Crippen molar-refractivity contribution in [2.45, 2.75) is 26.7 Å². The maximum Gasteiger partial charge on any atom is 0.277 e. The topological polar surface area (TPSA) is 86.1 Å². The quantitative estimate of drug-likeness (QED) is 0.880. The standard InChI is InChI=1S/C14H18F2N4O2/c1-8-4-11(13(21)18-7-14(15,16)6-17)10(3)20(8)12-5-9(2)22-19-12/h4-5H,6-7,17H2,1-3H3,(H,18,21). The number of carbonyl (C=O) groups is 1. The van der Waals surface area contributed by atoms with Crippen LogP contribution in [0, 0.1) is 20.8 Å². The summed E-state index contributed by atoms with van der Waals surface area (Å²) in [5, 5.41) is 6.10. The van der Waals surface area contributed by atoms with E-state index in [1.54, 1.807) is 37.5 Å². The number of aryl methyl sites for hydroxylation is 2. The van der Waals surface area contributed by atoms with Gasteiger partial charge >= 0.3 is 0 Å². The van der Waals surface area contributed by atoms with Gasteiger partial charge in [0, 0.05) is 17.5 Å². The number of alkyl halides is 2. The summed E-state index contributed by atoms with van der Waals surface area (Å²) in [4.78, 5) is 12.1. The maximum absolute atomic E-state index is 13.1. The molecular weight excluding hydrogens is 294 g/mol. The third kappa shape index (κ3) is 3.16. The Hall–Kier alpha value is -2.22. The van der Waals surface area contributed by atoms with Gasteiger partial charge in [0.05, 0.1) is 18.7 Å². The molecule has 0 fully saturated rings. The van der Waals surface area contributed by atoms with Gasteiger partial charge in [-0.25, -0.2) is 8.78 Å². The zero-order valence-electron chi connectivity index (χ0n) is 12.6. The van der Waals surface area contributed by atoms with E-state index in [2.05, 4.69) is 10.5 Å². The smallest absolute Gasteiger partial charge is 0.277 e. The molecule has 8 heteroatoms. The van der Waals surface area contributed by atoms with E-state index in [1.165, 1.54) is 0 Å². The van der Waals surface area contributed by atoms with E-state index in [4.69, 9.17) is 10.3 Å². The van der Waals surface area contributed by atoms with Crippen molar-refractivity contribution in [3.63, 3.8) is 0 Å². The second-order valence-corrected chi connectivity index (χ2v) is 5.16. The Morgan fingerprint density at radius 1 is 1.41 bits per heavy atom. The molecule has 0 bridgehead atoms. The zero-order valence-corrected chi connectivity index (χ0v) is 12.6. The third-order valence-corrected chi connectivity index (χ3v) is 3.33. The van der Waals surface area contributed by atoms with Crippen molar-refractivity contribution in [1.29, 1.82) is 0 Å². The Balaban J connectivity index is 2.25. The van der Waals surface area contributed by atoms with E-state index >= 15 is 0 Å². The van der Waals surface area contributed by atoms with Crippen LogP contribution in [0.1, 0.15) is 27.5 Å². The number of hydrogen-bond donors (Lipinski definition) is 2. The second-order valence-electron chi connectivity index (χ2n) is 5.16. The van der Waals surface area contributed by atoms with Crippen molar-refractivity contribution >= 4 is 5.91 Å². The Morgan fingerprint density at radius 2 is 2.09 bits per heavy atom. The minimum absolute atomic E-state index is 0.311. The fourth-order valence-corrected chi connectivity index (χ4v) is 2.18. The molecule has 6 nitrogen and oxygen atoms in total. The SMILES string of the molecule is Cc1cc(-n2c(C)cc(C(=O)NCC(F)(F)CN)c2C)no1. The van der Waals surface area contributed by atoms with E-state index in [-0.39, 0.29) is 0 Å². The van der Waals surface area contributed by atoms with Crippen LogP contribution in [-0.2, 0) is 0 Å². The molecule has 2 aromatic rings. The minimum Gasteiger partial charge on any atom is -0.360 e. The highest BCUT2D eigenvalue weighted by molar-refractivity contribution is 5.95. The van der Waals surface area contributed by atoms with E-state index < -0.39 is 24.9 Å². The molecule has 120 valence electrons. The molecule has 0 aromatic carbocycles. The zero-order chi connectivity index (χ0) is 16.5. The summed E-state index contributed by atoms with van der Waals surface area (Å²) in [6, 6.07) is 3.35. The lowest BCUT2D eigenvalue weighted by molar-refractivity contribution is 0.0118. The summed E-state index contributed by atoms with van der Waals surface area (Å²) < 4.78 is 33.0. The molecule has 0 radical (unpaired) electrons. The van der Waals surface area contributed by atoms with Gasteiger partial charge in [0.15, 0.2) is 5.82 Å². The lowest BCUT2D eigenvalue weighted by Crippen LogP contribution is -2.41. The van der Waals surface area contributed by atoms with Crippen LogP contribution in [0.5, 0.6) is 0 Å². The van der Waals surface area contributed by atoms with Gasteiger partial charge in [0.2, 0.25) is 0 Å². The summed E-state index contributed by atoms with van der Waals surface area (Å²) in [6.07, 6.45) is 0. The number of nitrogens with two attached hydrogens (primary N) is 1. The molecule has 1 amide bonds. The maximum atomic E-state index is 13.1. The summed E-state index contributed by atoms with van der Waals surface area (Å²) in [7, 11) is 0. The van der Waals surface area contributed by atoms with E-state index in [9.17, 15) is 13.6 Å². The second kappa shape index (κ2) is 5.88. The average molecular weight is 312 g/mol. The van der Waals surface area contributed by atoms with Gasteiger partial charge in [0.25, 0.3) is 11.8 Å². The number of rotatable bonds is 5. The molecule has 0 aliphatic carbocycles. The number of amides is 1. The Morgan fingerprint density at radius 3 is 2.64 bits per heavy atom. The predicted octanol–water partition coefficient (Wildman–Crippen LogP) is 1.71. The third-order valence-electron chi connectivity index (χ3n) is 3.33. The summed E-state index contributed by atoms with van der Waals surface area (Å²) >= 11 is 0. The number of carbonyl (C=O) groups excluding carboxylic acids is 1. The fourth-order valence-electron chi connectivity index (χ4n) is 2.18. The molecule has 0 spiro atoms. The summed E-state index contributed by atoms with van der Waals surface area (Å²) in [5.41, 5.74) is 6.60. The van der Waals surface area contributed by atoms with Crippen molar-refractivity contribution in [1.82, 2.24) is 15.0 Å². The lowest BCUT2D eigenvalue weighted by Gasteiger charge is -2.14. The Kier molecular flexibility index (Phi) is 4.32. The molecule has 2 heterocycles. The van der Waals surface area contributed by atoms with Crippen LogP contribution in [0.15, 0.2) is 16.7 Å². The largest absolute Gasteiger partial charge is 0.360 e. The summed E-state index contributed by atoms with van der Waals surface area (Å²) in [6.45, 7) is 3.65. The average Bonchev–Trinajstić information content (AvgIpc) is 3.00. The van der Waals surface area contributed by atoms with Crippen LogP contribution < -0.4 is 11.1 Å². The lowest BCUT2D eigenvalue weighted by atomic mass is 10.2. The van der Waals surface area contributed by atoms with E-state index in [1.807, 2.05) is 0 Å². The molecule has 0 saturated carbocycles. The van der Waals surface area contributed by atoms with Gasteiger partial charge in [0.1, 0.15) is 5.76 Å². The van der Waals surface area contributed by atoms with E-state index in [0.717, 1.165) is 5.69 Å². The number of nitrogens with zero attached hydrogens (tertiary/aromatic N) is 2. The monoisotopic (exact) mass is 312 g/mol. The normalized spacial score (nSPS) is 11.7. The highest BCUT2D eigenvalue weighted by Crippen LogP contribution is 2.21. The minimum atomic E-state index is -3.12. The van der Waals surface area contributed by atoms with Crippen LogP contribution in [0.2, 0.25) is 0 Å². The van der Waals surface area contributed by atoms with Gasteiger partial charge < -0.3 is 15.6 Å². The van der Waals surface area contributed by atoms with E-state index in [0.29, 0.717) is 22.8 Å². The van der Waals surface area contributed by atoms with Crippen LogP contribution in [0.25, 0.3) is 5.82 Å². The fraction of sp³-hybridized carbons (Fsp3) is 0.429. The first kappa shape index (κ1) is 16.2. The molecule has 0 saturated heterocycles. The molecule has 0 unspecified atom stereocenters. The van der Waals surface area contributed by atoms with Gasteiger partial charge in [-0.1, -0.05) is 5.16 Å². The van der Waals surface area contributed by atoms with Gasteiger partial charge in [-0.3, -0.25) is 9.36 Å². The van der Waals surface area contributed by atoms with Crippen LogP contribution in [0.3, 0.4) is 0 Å². The molecule has 22 heavy (non-hydrogen) atoms. The van der Waals surface area contributed by atoms with Crippen LogP contribution in [-0.4, -0.2) is 34.6 Å². The first-order valence-corrected chi connectivity index (χ1v) is 6.74. The molecule has 3 N–H and O–H groups in total.